The van der Waals surface area contributed by atoms with Gasteiger partial charge in [0.1, 0.15) is 6.54 Å². The number of unbranched alkanes of at least 4 members (excludes halogenated alkanes) is 9. The first-order valence-electron chi connectivity index (χ1n) is 10.4. The van der Waals surface area contributed by atoms with Gasteiger partial charge in [-0.05, 0) is 55.0 Å². The summed E-state index contributed by atoms with van der Waals surface area (Å²) in [7, 11) is 0. The molecule has 0 amide bonds. The highest BCUT2D eigenvalue weighted by atomic mass is 127. The van der Waals surface area contributed by atoms with Gasteiger partial charge in [0.2, 0.25) is 5.69 Å². The Labute approximate surface area is 192 Å². The SMILES string of the molecule is CCCCCCCCCCCC[N+]1=C(C)C(C)(C)c2cc(I)ccc21.[I-]. The second-order valence-corrected chi connectivity index (χ2v) is 9.45. The molecule has 1 nitrogen and oxygen atoms in total. The Morgan fingerprint density at radius 3 is 2.00 bits per heavy atom. The van der Waals surface area contributed by atoms with Crippen molar-refractivity contribution in [1.29, 1.82) is 0 Å². The van der Waals surface area contributed by atoms with Gasteiger partial charge in [-0.2, -0.15) is 4.58 Å². The quantitative estimate of drug-likeness (QED) is 0.204. The third-order valence-corrected chi connectivity index (χ3v) is 6.64. The van der Waals surface area contributed by atoms with E-state index in [1.165, 1.54) is 91.3 Å². The topological polar surface area (TPSA) is 3.01 Å². The largest absolute Gasteiger partial charge is 1.00 e. The van der Waals surface area contributed by atoms with Crippen LogP contribution < -0.4 is 24.0 Å². The van der Waals surface area contributed by atoms with E-state index in [1.54, 1.807) is 0 Å². The lowest BCUT2D eigenvalue weighted by molar-refractivity contribution is -0.439. The van der Waals surface area contributed by atoms with Gasteiger partial charge < -0.3 is 24.0 Å². The highest BCUT2D eigenvalue weighted by Crippen LogP contribution is 2.40. The number of nitrogens with zero attached hydrogens (tertiary/aromatic N) is 1. The van der Waals surface area contributed by atoms with Crippen molar-refractivity contribution in [1.82, 2.24) is 0 Å². The van der Waals surface area contributed by atoms with Crippen LogP contribution in [0.5, 0.6) is 0 Å². The van der Waals surface area contributed by atoms with Gasteiger partial charge in [-0.25, -0.2) is 0 Å². The van der Waals surface area contributed by atoms with Gasteiger partial charge in [0.05, 0.1) is 5.41 Å². The predicted octanol–water partition coefficient (Wildman–Crippen LogP) is 4.61. The average molecular weight is 581 g/mol. The normalized spacial score (nSPS) is 15.1. The third kappa shape index (κ3) is 6.46. The Balaban J connectivity index is 0.00000338. The lowest BCUT2D eigenvalue weighted by Crippen LogP contribution is -3.00. The molecule has 0 aromatic heterocycles. The summed E-state index contributed by atoms with van der Waals surface area (Å²) in [6, 6.07) is 6.95. The number of hydrogen-bond donors (Lipinski definition) is 0. The van der Waals surface area contributed by atoms with Crippen LogP contribution >= 0.6 is 22.6 Å². The fourth-order valence-corrected chi connectivity index (χ4v) is 4.49. The first-order chi connectivity index (χ1) is 12.0. The Morgan fingerprint density at radius 1 is 0.885 bits per heavy atom. The van der Waals surface area contributed by atoms with Gasteiger partial charge in [0.25, 0.3) is 0 Å². The van der Waals surface area contributed by atoms with Crippen LogP contribution in [0, 0.1) is 3.57 Å². The molecule has 3 heteroatoms. The zero-order chi connectivity index (χ0) is 18.3. The van der Waals surface area contributed by atoms with Crippen molar-refractivity contribution in [2.45, 2.75) is 97.3 Å². The van der Waals surface area contributed by atoms with Crippen molar-refractivity contribution < 1.29 is 28.6 Å². The zero-order valence-electron chi connectivity index (χ0n) is 17.2. The molecule has 0 spiro atoms. The maximum Gasteiger partial charge on any atom is 0.209 e. The minimum atomic E-state index is 0. The van der Waals surface area contributed by atoms with Crippen LogP contribution in [-0.4, -0.2) is 16.8 Å². The third-order valence-electron chi connectivity index (χ3n) is 5.97. The number of rotatable bonds is 11. The standard InChI is InChI=1S/C23H37IN.HI/c1-5-6-7-8-9-10-11-12-13-14-17-25-19(2)23(3,4)21-18-20(24)15-16-22(21)25;/h15-16,18H,5-14,17H2,1-4H3;1H/q+1;/p-1. The van der Waals surface area contributed by atoms with Gasteiger partial charge in [0.15, 0.2) is 5.71 Å². The lowest BCUT2D eigenvalue weighted by atomic mass is 9.82. The van der Waals surface area contributed by atoms with Gasteiger partial charge in [-0.15, -0.1) is 0 Å². The molecular formula is C23H37I2N. The van der Waals surface area contributed by atoms with Crippen LogP contribution in [0.2, 0.25) is 0 Å². The zero-order valence-corrected chi connectivity index (χ0v) is 21.5. The highest BCUT2D eigenvalue weighted by molar-refractivity contribution is 14.1. The molecule has 0 bridgehead atoms. The molecule has 1 aliphatic heterocycles. The summed E-state index contributed by atoms with van der Waals surface area (Å²) >= 11 is 2.43. The molecule has 1 aliphatic rings. The molecule has 0 saturated heterocycles. The van der Waals surface area contributed by atoms with E-state index in [0.717, 1.165) is 0 Å². The second-order valence-electron chi connectivity index (χ2n) is 8.21. The summed E-state index contributed by atoms with van der Waals surface area (Å²) < 4.78 is 3.92. The van der Waals surface area contributed by atoms with Crippen LogP contribution in [0.15, 0.2) is 18.2 Å². The summed E-state index contributed by atoms with van der Waals surface area (Å²) in [4.78, 5) is 0. The molecule has 0 saturated carbocycles. The van der Waals surface area contributed by atoms with Crippen molar-refractivity contribution in [2.75, 3.05) is 6.54 Å². The summed E-state index contributed by atoms with van der Waals surface area (Å²) in [6.45, 7) is 10.5. The summed E-state index contributed by atoms with van der Waals surface area (Å²) in [5.74, 6) is 0. The van der Waals surface area contributed by atoms with Crippen molar-refractivity contribution >= 4 is 34.0 Å². The van der Waals surface area contributed by atoms with Gasteiger partial charge >= 0.3 is 0 Å². The molecule has 1 aromatic rings. The molecule has 2 rings (SSSR count). The molecule has 0 N–H and O–H groups in total. The van der Waals surface area contributed by atoms with E-state index in [0.29, 0.717) is 0 Å². The lowest BCUT2D eigenvalue weighted by Gasteiger charge is -2.14. The van der Waals surface area contributed by atoms with E-state index < -0.39 is 0 Å². The van der Waals surface area contributed by atoms with Crippen LogP contribution in [0.3, 0.4) is 0 Å². The molecule has 1 aromatic carbocycles. The maximum atomic E-state index is 2.58. The average Bonchev–Trinajstić information content (AvgIpc) is 2.77. The van der Waals surface area contributed by atoms with E-state index in [1.807, 2.05) is 0 Å². The van der Waals surface area contributed by atoms with Crippen LogP contribution in [0.1, 0.15) is 97.5 Å². The molecular weight excluding hydrogens is 544 g/mol. The highest BCUT2D eigenvalue weighted by Gasteiger charge is 2.42. The van der Waals surface area contributed by atoms with Crippen molar-refractivity contribution in [3.05, 3.63) is 27.3 Å². The Bertz CT molecular complexity index is 590. The number of halogens is 2. The van der Waals surface area contributed by atoms with Crippen molar-refractivity contribution in [3.63, 3.8) is 0 Å². The van der Waals surface area contributed by atoms with Gasteiger partial charge in [-0.3, -0.25) is 0 Å². The molecule has 0 fully saturated rings. The smallest absolute Gasteiger partial charge is 0.209 e. The summed E-state index contributed by atoms with van der Waals surface area (Å²) in [5, 5.41) is 0. The fraction of sp³-hybridized carbons (Fsp3) is 0.696. The molecule has 0 atom stereocenters. The Morgan fingerprint density at radius 2 is 1.42 bits per heavy atom. The van der Waals surface area contributed by atoms with Gasteiger partial charge in [0, 0.05) is 28.5 Å². The summed E-state index contributed by atoms with van der Waals surface area (Å²) in [5.41, 5.74) is 4.64. The van der Waals surface area contributed by atoms with Crippen LogP contribution in [0.25, 0.3) is 0 Å². The first kappa shape index (κ1) is 24.4. The monoisotopic (exact) mass is 581 g/mol. The Hall–Kier alpha value is 0.350. The second kappa shape index (κ2) is 12.0. The molecule has 26 heavy (non-hydrogen) atoms. The summed E-state index contributed by atoms with van der Waals surface area (Å²) in [6.07, 6.45) is 14.1. The minimum Gasteiger partial charge on any atom is -1.00 e. The molecule has 0 aliphatic carbocycles. The number of benzene rings is 1. The van der Waals surface area contributed by atoms with E-state index in [-0.39, 0.29) is 29.4 Å². The molecule has 148 valence electrons. The fourth-order valence-electron chi connectivity index (χ4n) is 4.00. The van der Waals surface area contributed by atoms with Crippen molar-refractivity contribution in [3.8, 4) is 0 Å². The van der Waals surface area contributed by atoms with Crippen LogP contribution in [-0.2, 0) is 5.41 Å². The molecule has 1 heterocycles. The number of hydrogen-bond acceptors (Lipinski definition) is 0. The van der Waals surface area contributed by atoms with Gasteiger partial charge in [-0.1, -0.05) is 58.3 Å². The first-order valence-corrected chi connectivity index (χ1v) is 11.5. The van der Waals surface area contributed by atoms with E-state index in [4.69, 9.17) is 0 Å². The number of fused-ring (bicyclic) bond motifs is 1. The van der Waals surface area contributed by atoms with E-state index >= 15 is 0 Å². The van der Waals surface area contributed by atoms with Crippen LogP contribution in [0.4, 0.5) is 5.69 Å². The van der Waals surface area contributed by atoms with Crippen molar-refractivity contribution in [2.24, 2.45) is 0 Å². The molecule has 0 unspecified atom stereocenters. The predicted molar refractivity (Wildman–Crippen MR) is 119 cm³/mol. The van der Waals surface area contributed by atoms with E-state index in [2.05, 4.69) is 73.1 Å². The Kier molecular flexibility index (Phi) is 11.3. The maximum absolute atomic E-state index is 2.58. The molecule has 0 radical (unpaired) electrons. The minimum absolute atomic E-state index is 0. The van der Waals surface area contributed by atoms with E-state index in [9.17, 15) is 0 Å².